The smallest absolute Gasteiger partial charge is 0.271 e. The minimum Gasteiger partial charge on any atom is -0.460 e. The number of fused-ring (bicyclic) bond motifs is 3. The summed E-state index contributed by atoms with van der Waals surface area (Å²) < 4.78 is 7.78. The van der Waals surface area contributed by atoms with Crippen LogP contribution in [0.2, 0.25) is 0 Å². The average Bonchev–Trinajstić information content (AvgIpc) is 3.30. The number of hydrogen-bond donors (Lipinski definition) is 1. The van der Waals surface area contributed by atoms with Crippen LogP contribution in [0.3, 0.4) is 0 Å². The minimum atomic E-state index is -0.929. The molecule has 1 atom stereocenters. The maximum atomic E-state index is 13.7. The molecule has 4 rings (SSSR count). The number of rotatable bonds is 8. The van der Waals surface area contributed by atoms with Crippen LogP contribution >= 0.6 is 0 Å². The molecule has 2 aliphatic rings. The number of carbonyl (C=O) groups is 2. The average molecular weight is 443 g/mol. The summed E-state index contributed by atoms with van der Waals surface area (Å²) in [6.45, 7) is 12.1. The predicted molar refractivity (Wildman–Crippen MR) is 126 cm³/mol. The Labute approximate surface area is 191 Å². The van der Waals surface area contributed by atoms with Gasteiger partial charge in [-0.2, -0.15) is 0 Å². The first kappa shape index (κ1) is 22.9. The molecular formula is C25H38N4O3. The summed E-state index contributed by atoms with van der Waals surface area (Å²) in [5.41, 5.74) is 1.29. The maximum Gasteiger partial charge on any atom is 0.271 e. The first-order chi connectivity index (χ1) is 15.4. The first-order valence-electron chi connectivity index (χ1n) is 12.3. The molecule has 1 N–H and O–H groups in total. The van der Waals surface area contributed by atoms with E-state index in [0.29, 0.717) is 24.4 Å². The third-order valence-corrected chi connectivity index (χ3v) is 7.42. The molecule has 0 unspecified atom stereocenters. The fourth-order valence-electron chi connectivity index (χ4n) is 5.39. The summed E-state index contributed by atoms with van der Waals surface area (Å²) in [6, 6.07) is 4.00. The van der Waals surface area contributed by atoms with Crippen LogP contribution in [0.15, 0.2) is 16.5 Å². The third-order valence-electron chi connectivity index (χ3n) is 7.42. The van der Waals surface area contributed by atoms with Crippen LogP contribution in [0, 0.1) is 6.92 Å². The molecule has 1 saturated carbocycles. The standard InChI is InChI=1S/C25H38N4O3/c1-5-27(6-2)13-10-14-29-23(30)21-16-22-20(15-18(3)32-22)28(21)17-25(29,4)24(31)26-19-11-8-7-9-12-19/h15-16,19H,5-14,17H2,1-4H3,(H,26,31)/t25-/m1/s1. The van der Waals surface area contributed by atoms with Gasteiger partial charge in [0.25, 0.3) is 5.91 Å². The number of carbonyl (C=O) groups excluding carboxylic acids is 2. The second kappa shape index (κ2) is 9.30. The van der Waals surface area contributed by atoms with Crippen molar-refractivity contribution in [3.63, 3.8) is 0 Å². The van der Waals surface area contributed by atoms with Crippen molar-refractivity contribution < 1.29 is 14.0 Å². The number of aromatic nitrogens is 1. The van der Waals surface area contributed by atoms with Gasteiger partial charge < -0.3 is 24.1 Å². The topological polar surface area (TPSA) is 70.7 Å². The molecule has 0 radical (unpaired) electrons. The van der Waals surface area contributed by atoms with Gasteiger partial charge in [-0.3, -0.25) is 9.59 Å². The van der Waals surface area contributed by atoms with Crippen molar-refractivity contribution in [3.05, 3.63) is 23.6 Å². The van der Waals surface area contributed by atoms with E-state index in [1.165, 1.54) is 6.42 Å². The van der Waals surface area contributed by atoms with Gasteiger partial charge in [0.2, 0.25) is 5.91 Å². The quantitative estimate of drug-likeness (QED) is 0.672. The number of nitrogens with one attached hydrogen (secondary N) is 1. The van der Waals surface area contributed by atoms with E-state index in [1.807, 2.05) is 35.4 Å². The lowest BCUT2D eigenvalue weighted by atomic mass is 9.91. The van der Waals surface area contributed by atoms with Crippen molar-refractivity contribution in [2.24, 2.45) is 0 Å². The lowest BCUT2D eigenvalue weighted by Gasteiger charge is -2.45. The highest BCUT2D eigenvalue weighted by atomic mass is 16.3. The van der Waals surface area contributed by atoms with Crippen LogP contribution in [-0.2, 0) is 11.3 Å². The molecule has 3 heterocycles. The molecule has 32 heavy (non-hydrogen) atoms. The Balaban J connectivity index is 1.62. The minimum absolute atomic E-state index is 0.0340. The van der Waals surface area contributed by atoms with Crippen molar-refractivity contribution in [3.8, 4) is 0 Å². The van der Waals surface area contributed by atoms with Crippen molar-refractivity contribution in [1.82, 2.24) is 19.7 Å². The Kier molecular flexibility index (Phi) is 6.65. The highest BCUT2D eigenvalue weighted by Crippen LogP contribution is 2.34. The Bertz CT molecular complexity index is 967. The molecule has 1 fully saturated rings. The van der Waals surface area contributed by atoms with E-state index in [0.717, 1.165) is 63.0 Å². The van der Waals surface area contributed by atoms with Gasteiger partial charge in [0, 0.05) is 24.7 Å². The lowest BCUT2D eigenvalue weighted by molar-refractivity contribution is -0.133. The van der Waals surface area contributed by atoms with E-state index >= 15 is 0 Å². The van der Waals surface area contributed by atoms with E-state index in [2.05, 4.69) is 24.1 Å². The number of nitrogens with zero attached hydrogens (tertiary/aromatic N) is 3. The zero-order chi connectivity index (χ0) is 22.9. The molecule has 7 heteroatoms. The van der Waals surface area contributed by atoms with E-state index in [-0.39, 0.29) is 17.9 Å². The molecule has 2 amide bonds. The van der Waals surface area contributed by atoms with Crippen LogP contribution in [-0.4, -0.2) is 63.9 Å². The zero-order valence-electron chi connectivity index (χ0n) is 20.1. The van der Waals surface area contributed by atoms with E-state index in [9.17, 15) is 9.59 Å². The fraction of sp³-hybridized carbons (Fsp3) is 0.680. The second-order valence-electron chi connectivity index (χ2n) is 9.64. The van der Waals surface area contributed by atoms with Gasteiger partial charge in [0.05, 0.1) is 12.1 Å². The molecule has 0 bridgehead atoms. The molecule has 7 nitrogen and oxygen atoms in total. The molecule has 0 spiro atoms. The highest BCUT2D eigenvalue weighted by molar-refractivity contribution is 6.03. The van der Waals surface area contributed by atoms with Crippen molar-refractivity contribution in [2.75, 3.05) is 26.2 Å². The van der Waals surface area contributed by atoms with Crippen molar-refractivity contribution >= 4 is 22.9 Å². The molecule has 1 aliphatic carbocycles. The Hall–Kier alpha value is -2.28. The summed E-state index contributed by atoms with van der Waals surface area (Å²) in [7, 11) is 0. The third kappa shape index (κ3) is 4.19. The zero-order valence-corrected chi connectivity index (χ0v) is 20.1. The normalized spacial score (nSPS) is 22.0. The molecule has 1 aliphatic heterocycles. The predicted octanol–water partition coefficient (Wildman–Crippen LogP) is 3.94. The molecule has 0 saturated heterocycles. The lowest BCUT2D eigenvalue weighted by Crippen LogP contribution is -2.65. The van der Waals surface area contributed by atoms with Crippen LogP contribution in [0.4, 0.5) is 0 Å². The number of amides is 2. The summed E-state index contributed by atoms with van der Waals surface area (Å²) in [4.78, 5) is 31.5. The van der Waals surface area contributed by atoms with Gasteiger partial charge >= 0.3 is 0 Å². The van der Waals surface area contributed by atoms with Gasteiger partial charge in [-0.15, -0.1) is 0 Å². The van der Waals surface area contributed by atoms with E-state index < -0.39 is 5.54 Å². The summed E-state index contributed by atoms with van der Waals surface area (Å²) >= 11 is 0. The van der Waals surface area contributed by atoms with Crippen LogP contribution in [0.5, 0.6) is 0 Å². The second-order valence-corrected chi connectivity index (χ2v) is 9.64. The molecule has 0 aromatic carbocycles. The summed E-state index contributed by atoms with van der Waals surface area (Å²) in [6.07, 6.45) is 6.45. The van der Waals surface area contributed by atoms with Crippen molar-refractivity contribution in [2.45, 2.75) is 84.3 Å². The Morgan fingerprint density at radius 3 is 2.62 bits per heavy atom. The number of hydrogen-bond acceptors (Lipinski definition) is 4. The first-order valence-corrected chi connectivity index (χ1v) is 12.3. The van der Waals surface area contributed by atoms with Gasteiger partial charge in [0.1, 0.15) is 17.0 Å². The van der Waals surface area contributed by atoms with Crippen molar-refractivity contribution in [1.29, 1.82) is 0 Å². The van der Waals surface area contributed by atoms with Gasteiger partial charge in [-0.1, -0.05) is 33.1 Å². The number of furan rings is 1. The van der Waals surface area contributed by atoms with E-state index in [4.69, 9.17) is 4.42 Å². The van der Waals surface area contributed by atoms with Gasteiger partial charge in [-0.25, -0.2) is 0 Å². The van der Waals surface area contributed by atoms with Gasteiger partial charge in [0.15, 0.2) is 5.58 Å². The molecule has 2 aromatic heterocycles. The number of aryl methyl sites for hydroxylation is 1. The molecule has 176 valence electrons. The highest BCUT2D eigenvalue weighted by Gasteiger charge is 2.48. The summed E-state index contributed by atoms with van der Waals surface area (Å²) in [5, 5.41) is 3.30. The van der Waals surface area contributed by atoms with E-state index in [1.54, 1.807) is 0 Å². The largest absolute Gasteiger partial charge is 0.460 e. The summed E-state index contributed by atoms with van der Waals surface area (Å²) in [5.74, 6) is 0.696. The molecule has 2 aromatic rings. The van der Waals surface area contributed by atoms with Crippen LogP contribution in [0.25, 0.3) is 11.1 Å². The monoisotopic (exact) mass is 442 g/mol. The SMILES string of the molecule is CCN(CC)CCCN1C(=O)c2cc3oc(C)cc3n2C[C@]1(C)C(=O)NC1CCCCC1. The van der Waals surface area contributed by atoms with Crippen LogP contribution < -0.4 is 5.32 Å². The Morgan fingerprint density at radius 2 is 1.94 bits per heavy atom. The Morgan fingerprint density at radius 1 is 1.22 bits per heavy atom. The van der Waals surface area contributed by atoms with Crippen LogP contribution in [0.1, 0.15) is 75.5 Å². The molecular weight excluding hydrogens is 404 g/mol. The maximum absolute atomic E-state index is 13.7. The fourth-order valence-corrected chi connectivity index (χ4v) is 5.39. The van der Waals surface area contributed by atoms with Gasteiger partial charge in [-0.05, 0) is 52.7 Å².